The summed E-state index contributed by atoms with van der Waals surface area (Å²) in [6.45, 7) is 7.36. The van der Waals surface area contributed by atoms with Gasteiger partial charge < -0.3 is 14.2 Å². The highest BCUT2D eigenvalue weighted by atomic mass is 16.8. The van der Waals surface area contributed by atoms with Gasteiger partial charge in [0.15, 0.2) is 11.6 Å². The van der Waals surface area contributed by atoms with Gasteiger partial charge in [-0.1, -0.05) is 0 Å². The lowest BCUT2D eigenvalue weighted by Crippen LogP contribution is -2.39. The number of rotatable bonds is 4. The van der Waals surface area contributed by atoms with Crippen molar-refractivity contribution in [3.8, 4) is 0 Å². The minimum absolute atomic E-state index is 0.598. The number of hydrogen-bond acceptors (Lipinski definition) is 3. The highest BCUT2D eigenvalue weighted by molar-refractivity contribution is 4.60. The predicted octanol–water partition coefficient (Wildman–Crippen LogP) is 1.77. The summed E-state index contributed by atoms with van der Waals surface area (Å²) in [4.78, 5) is 0. The van der Waals surface area contributed by atoms with Gasteiger partial charge in [-0.05, 0) is 27.7 Å². The second kappa shape index (κ2) is 3.52. The molecule has 0 aliphatic rings. The van der Waals surface area contributed by atoms with E-state index in [9.17, 15) is 0 Å². The molecule has 0 N–H and O–H groups in total. The second-order valence-electron chi connectivity index (χ2n) is 3.31. The Labute approximate surface area is 68.6 Å². The van der Waals surface area contributed by atoms with Gasteiger partial charge in [-0.25, -0.2) is 0 Å². The molecule has 3 nitrogen and oxygen atoms in total. The molecule has 0 fully saturated rings. The molecule has 11 heavy (non-hydrogen) atoms. The molecule has 0 saturated heterocycles. The van der Waals surface area contributed by atoms with Crippen LogP contribution < -0.4 is 0 Å². The average molecular weight is 162 g/mol. The number of hydrogen-bond donors (Lipinski definition) is 0. The van der Waals surface area contributed by atoms with Crippen LogP contribution in [-0.2, 0) is 14.2 Å². The average Bonchev–Trinajstić information content (AvgIpc) is 1.86. The van der Waals surface area contributed by atoms with Crippen LogP contribution in [0, 0.1) is 0 Å². The summed E-state index contributed by atoms with van der Waals surface area (Å²) in [5.41, 5.74) is 0. The monoisotopic (exact) mass is 162 g/mol. The SMILES string of the molecule is COC(C)(C)OC(C)(C)OC. The summed E-state index contributed by atoms with van der Waals surface area (Å²) < 4.78 is 15.6. The lowest BCUT2D eigenvalue weighted by molar-refractivity contribution is -0.320. The predicted molar refractivity (Wildman–Crippen MR) is 43.3 cm³/mol. The van der Waals surface area contributed by atoms with E-state index in [4.69, 9.17) is 14.2 Å². The topological polar surface area (TPSA) is 27.7 Å². The lowest BCUT2D eigenvalue weighted by atomic mass is 10.3. The van der Waals surface area contributed by atoms with Crippen LogP contribution in [0.2, 0.25) is 0 Å². The largest absolute Gasteiger partial charge is 0.354 e. The van der Waals surface area contributed by atoms with Crippen LogP contribution in [0.3, 0.4) is 0 Å². The van der Waals surface area contributed by atoms with E-state index in [0.717, 1.165) is 0 Å². The molecule has 0 aromatic rings. The number of ether oxygens (including phenoxy) is 3. The van der Waals surface area contributed by atoms with Crippen molar-refractivity contribution in [1.29, 1.82) is 0 Å². The van der Waals surface area contributed by atoms with Crippen LogP contribution in [0.5, 0.6) is 0 Å². The Morgan fingerprint density at radius 3 is 1.18 bits per heavy atom. The Bertz CT molecular complexity index is 105. The summed E-state index contributed by atoms with van der Waals surface area (Å²) in [7, 11) is 3.21. The maximum atomic E-state index is 5.48. The van der Waals surface area contributed by atoms with Gasteiger partial charge in [0, 0.05) is 14.2 Å². The lowest BCUT2D eigenvalue weighted by Gasteiger charge is -2.33. The van der Waals surface area contributed by atoms with Gasteiger partial charge >= 0.3 is 0 Å². The van der Waals surface area contributed by atoms with Gasteiger partial charge in [-0.15, -0.1) is 0 Å². The normalized spacial score (nSPS) is 13.6. The van der Waals surface area contributed by atoms with Crippen LogP contribution in [0.15, 0.2) is 0 Å². The fraction of sp³-hybridized carbons (Fsp3) is 1.00. The first-order valence-electron chi connectivity index (χ1n) is 3.63. The first-order valence-corrected chi connectivity index (χ1v) is 3.63. The molecule has 0 aromatic heterocycles. The van der Waals surface area contributed by atoms with E-state index in [1.54, 1.807) is 14.2 Å². The summed E-state index contributed by atoms with van der Waals surface area (Å²) in [5.74, 6) is -1.20. The minimum atomic E-state index is -0.598. The highest BCUT2D eigenvalue weighted by Gasteiger charge is 2.28. The second-order valence-corrected chi connectivity index (χ2v) is 3.31. The molecule has 0 radical (unpaired) electrons. The Kier molecular flexibility index (Phi) is 3.48. The molecule has 0 unspecified atom stereocenters. The van der Waals surface area contributed by atoms with E-state index in [-0.39, 0.29) is 0 Å². The molecule has 3 heteroatoms. The van der Waals surface area contributed by atoms with Crippen LogP contribution in [0.1, 0.15) is 27.7 Å². The third-order valence-electron chi connectivity index (χ3n) is 1.47. The molecule has 0 bridgehead atoms. The highest BCUT2D eigenvalue weighted by Crippen LogP contribution is 2.20. The standard InChI is InChI=1S/C8H18O3/c1-7(2,9-5)11-8(3,4)10-6/h1-6H3. The van der Waals surface area contributed by atoms with Gasteiger partial charge in [0.1, 0.15) is 0 Å². The molecular weight excluding hydrogens is 144 g/mol. The quantitative estimate of drug-likeness (QED) is 0.589. The molecule has 0 saturated carbocycles. The van der Waals surface area contributed by atoms with Crippen molar-refractivity contribution < 1.29 is 14.2 Å². The van der Waals surface area contributed by atoms with Crippen LogP contribution in [0.25, 0.3) is 0 Å². The molecule has 0 rings (SSSR count). The maximum absolute atomic E-state index is 5.48. The molecule has 0 heterocycles. The van der Waals surface area contributed by atoms with E-state index in [1.165, 1.54) is 0 Å². The van der Waals surface area contributed by atoms with Crippen molar-refractivity contribution in [2.45, 2.75) is 39.3 Å². The fourth-order valence-corrected chi connectivity index (χ4v) is 0.675. The van der Waals surface area contributed by atoms with Crippen molar-refractivity contribution in [3.05, 3.63) is 0 Å². The molecular formula is C8H18O3. The van der Waals surface area contributed by atoms with E-state index in [1.807, 2.05) is 27.7 Å². The van der Waals surface area contributed by atoms with Gasteiger partial charge in [-0.3, -0.25) is 0 Å². The zero-order valence-corrected chi connectivity index (χ0v) is 8.22. The third kappa shape index (κ3) is 4.35. The van der Waals surface area contributed by atoms with Crippen LogP contribution >= 0.6 is 0 Å². The van der Waals surface area contributed by atoms with Crippen molar-refractivity contribution in [1.82, 2.24) is 0 Å². The Balaban J connectivity index is 4.02. The smallest absolute Gasteiger partial charge is 0.165 e. The molecule has 0 aromatic carbocycles. The van der Waals surface area contributed by atoms with E-state index in [2.05, 4.69) is 0 Å². The minimum Gasteiger partial charge on any atom is -0.354 e. The molecule has 0 amide bonds. The van der Waals surface area contributed by atoms with Gasteiger partial charge in [0.25, 0.3) is 0 Å². The van der Waals surface area contributed by atoms with Crippen molar-refractivity contribution in [2.24, 2.45) is 0 Å². The Morgan fingerprint density at radius 2 is 1.00 bits per heavy atom. The van der Waals surface area contributed by atoms with Crippen molar-refractivity contribution in [2.75, 3.05) is 14.2 Å². The van der Waals surface area contributed by atoms with Gasteiger partial charge in [0.2, 0.25) is 0 Å². The number of methoxy groups -OCH3 is 2. The summed E-state index contributed by atoms with van der Waals surface area (Å²) in [6, 6.07) is 0. The van der Waals surface area contributed by atoms with Crippen LogP contribution in [-0.4, -0.2) is 25.8 Å². The zero-order valence-electron chi connectivity index (χ0n) is 8.22. The van der Waals surface area contributed by atoms with Crippen molar-refractivity contribution in [3.63, 3.8) is 0 Å². The summed E-state index contributed by atoms with van der Waals surface area (Å²) in [6.07, 6.45) is 0. The van der Waals surface area contributed by atoms with Crippen LogP contribution in [0.4, 0.5) is 0 Å². The van der Waals surface area contributed by atoms with Gasteiger partial charge in [-0.2, -0.15) is 0 Å². The fourth-order valence-electron chi connectivity index (χ4n) is 0.675. The molecule has 0 atom stereocenters. The Hall–Kier alpha value is -0.120. The molecule has 0 aliphatic heterocycles. The molecule has 0 spiro atoms. The van der Waals surface area contributed by atoms with Crippen molar-refractivity contribution >= 4 is 0 Å². The molecule has 68 valence electrons. The summed E-state index contributed by atoms with van der Waals surface area (Å²) in [5, 5.41) is 0. The van der Waals surface area contributed by atoms with E-state index >= 15 is 0 Å². The summed E-state index contributed by atoms with van der Waals surface area (Å²) >= 11 is 0. The maximum Gasteiger partial charge on any atom is 0.165 e. The first kappa shape index (κ1) is 10.9. The third-order valence-corrected chi connectivity index (χ3v) is 1.47. The zero-order chi connectivity index (χ0) is 9.12. The van der Waals surface area contributed by atoms with E-state index in [0.29, 0.717) is 0 Å². The van der Waals surface area contributed by atoms with Gasteiger partial charge in [0.05, 0.1) is 0 Å². The van der Waals surface area contributed by atoms with E-state index < -0.39 is 11.6 Å². The Morgan fingerprint density at radius 1 is 0.727 bits per heavy atom. The first-order chi connectivity index (χ1) is 4.83. The molecule has 0 aliphatic carbocycles.